The Hall–Kier alpha value is -2.49. The van der Waals surface area contributed by atoms with E-state index in [1.807, 2.05) is 76.2 Å². The number of para-hydroxylation sites is 1. The molecule has 0 bridgehead atoms. The Kier molecular flexibility index (Phi) is 6.24. The molecule has 0 radical (unpaired) electrons. The molecular formula is C20H25NO3. The normalized spacial score (nSPS) is 11.9. The highest BCUT2D eigenvalue weighted by molar-refractivity contribution is 5.94. The van der Waals surface area contributed by atoms with Gasteiger partial charge in [0.1, 0.15) is 11.5 Å². The molecule has 128 valence electrons. The lowest BCUT2D eigenvalue weighted by Crippen LogP contribution is -2.32. The highest BCUT2D eigenvalue weighted by atomic mass is 16.5. The average Bonchev–Trinajstić information content (AvgIpc) is 2.53. The Labute approximate surface area is 143 Å². The Morgan fingerprint density at radius 2 is 1.83 bits per heavy atom. The molecule has 0 saturated heterocycles. The third-order valence-corrected chi connectivity index (χ3v) is 3.50. The summed E-state index contributed by atoms with van der Waals surface area (Å²) in [5.41, 5.74) is 1.71. The van der Waals surface area contributed by atoms with E-state index in [0.717, 1.165) is 17.1 Å². The van der Waals surface area contributed by atoms with Crippen LogP contribution >= 0.6 is 0 Å². The van der Waals surface area contributed by atoms with Crippen molar-refractivity contribution in [2.45, 2.75) is 46.3 Å². The van der Waals surface area contributed by atoms with Crippen LogP contribution in [0, 0.1) is 6.92 Å². The molecule has 24 heavy (non-hydrogen) atoms. The van der Waals surface area contributed by atoms with Gasteiger partial charge in [0, 0.05) is 11.8 Å². The van der Waals surface area contributed by atoms with Gasteiger partial charge in [-0.05, 0) is 51.0 Å². The van der Waals surface area contributed by atoms with E-state index in [-0.39, 0.29) is 12.0 Å². The summed E-state index contributed by atoms with van der Waals surface area (Å²) in [6.07, 6.45) is 0.132. The van der Waals surface area contributed by atoms with Gasteiger partial charge >= 0.3 is 0 Å². The molecule has 2 aromatic rings. The van der Waals surface area contributed by atoms with Crippen molar-refractivity contribution >= 4 is 11.6 Å². The summed E-state index contributed by atoms with van der Waals surface area (Å²) < 4.78 is 11.5. The topological polar surface area (TPSA) is 47.6 Å². The predicted octanol–water partition coefficient (Wildman–Crippen LogP) is 4.58. The molecule has 0 aliphatic rings. The van der Waals surface area contributed by atoms with Crippen molar-refractivity contribution in [2.24, 2.45) is 0 Å². The number of aryl methyl sites for hydroxylation is 1. The Bertz CT molecular complexity index is 682. The fraction of sp³-hybridized carbons (Fsp3) is 0.350. The van der Waals surface area contributed by atoms with Crippen LogP contribution in [0.3, 0.4) is 0 Å². The van der Waals surface area contributed by atoms with Gasteiger partial charge < -0.3 is 14.8 Å². The molecule has 2 rings (SSSR count). The van der Waals surface area contributed by atoms with Gasteiger partial charge in [-0.15, -0.1) is 0 Å². The second-order valence-corrected chi connectivity index (χ2v) is 5.96. The van der Waals surface area contributed by atoms with Crippen molar-refractivity contribution in [3.8, 4) is 11.5 Å². The molecule has 0 fully saturated rings. The van der Waals surface area contributed by atoms with Gasteiger partial charge in [0.25, 0.3) is 5.91 Å². The Morgan fingerprint density at radius 3 is 2.50 bits per heavy atom. The van der Waals surface area contributed by atoms with E-state index in [4.69, 9.17) is 9.47 Å². The fourth-order valence-electron chi connectivity index (χ4n) is 2.31. The molecule has 4 nitrogen and oxygen atoms in total. The van der Waals surface area contributed by atoms with Gasteiger partial charge in [-0.2, -0.15) is 0 Å². The number of ether oxygens (including phenoxy) is 2. The maximum atomic E-state index is 12.5. The summed E-state index contributed by atoms with van der Waals surface area (Å²) in [5.74, 6) is 1.30. The minimum absolute atomic E-state index is 0.0868. The molecule has 1 N–H and O–H groups in total. The van der Waals surface area contributed by atoms with Gasteiger partial charge in [-0.1, -0.05) is 31.2 Å². The minimum atomic E-state index is -0.541. The number of hydrogen-bond donors (Lipinski definition) is 1. The first-order chi connectivity index (χ1) is 11.5. The molecule has 2 aromatic carbocycles. The van der Waals surface area contributed by atoms with Gasteiger partial charge in [0.15, 0.2) is 6.10 Å². The van der Waals surface area contributed by atoms with Crippen molar-refractivity contribution in [3.63, 3.8) is 0 Å². The SMILES string of the molecule is CC[C@@H](Oc1ccccc1C)C(=O)Nc1cccc(OC(C)C)c1. The number of rotatable bonds is 7. The van der Waals surface area contributed by atoms with Crippen LogP contribution in [0.1, 0.15) is 32.8 Å². The number of nitrogens with one attached hydrogen (secondary N) is 1. The van der Waals surface area contributed by atoms with Crippen LogP contribution in [0.2, 0.25) is 0 Å². The maximum Gasteiger partial charge on any atom is 0.265 e. The van der Waals surface area contributed by atoms with Gasteiger partial charge in [0.05, 0.1) is 6.10 Å². The third kappa shape index (κ3) is 5.01. The predicted molar refractivity (Wildman–Crippen MR) is 96.7 cm³/mol. The van der Waals surface area contributed by atoms with Crippen molar-refractivity contribution in [3.05, 3.63) is 54.1 Å². The number of carbonyl (C=O) groups is 1. The fourth-order valence-corrected chi connectivity index (χ4v) is 2.31. The van der Waals surface area contributed by atoms with E-state index in [1.165, 1.54) is 0 Å². The summed E-state index contributed by atoms with van der Waals surface area (Å²) in [7, 11) is 0. The molecule has 0 unspecified atom stereocenters. The molecule has 0 aliphatic heterocycles. The van der Waals surface area contributed by atoms with Crippen LogP contribution in [0.5, 0.6) is 11.5 Å². The van der Waals surface area contributed by atoms with Gasteiger partial charge in [-0.3, -0.25) is 4.79 Å². The first kappa shape index (κ1) is 17.9. The maximum absolute atomic E-state index is 12.5. The Morgan fingerprint density at radius 1 is 1.08 bits per heavy atom. The largest absolute Gasteiger partial charge is 0.491 e. The van der Waals surface area contributed by atoms with Crippen molar-refractivity contribution in [1.82, 2.24) is 0 Å². The van der Waals surface area contributed by atoms with Gasteiger partial charge in [-0.25, -0.2) is 0 Å². The van der Waals surface area contributed by atoms with Gasteiger partial charge in [0.2, 0.25) is 0 Å². The van der Waals surface area contributed by atoms with Crippen LogP contribution < -0.4 is 14.8 Å². The molecule has 0 heterocycles. The quantitative estimate of drug-likeness (QED) is 0.810. The zero-order chi connectivity index (χ0) is 17.5. The summed E-state index contributed by atoms with van der Waals surface area (Å²) in [5, 5.41) is 2.90. The van der Waals surface area contributed by atoms with Crippen LogP contribution in [0.15, 0.2) is 48.5 Å². The molecule has 1 amide bonds. The molecule has 4 heteroatoms. The number of benzene rings is 2. The van der Waals surface area contributed by atoms with Crippen LogP contribution in [-0.2, 0) is 4.79 Å². The van der Waals surface area contributed by atoms with Crippen molar-refractivity contribution < 1.29 is 14.3 Å². The highest BCUT2D eigenvalue weighted by Crippen LogP contribution is 2.21. The smallest absolute Gasteiger partial charge is 0.265 e. The molecule has 0 aromatic heterocycles. The van der Waals surface area contributed by atoms with E-state index < -0.39 is 6.10 Å². The van der Waals surface area contributed by atoms with E-state index in [0.29, 0.717) is 12.1 Å². The minimum Gasteiger partial charge on any atom is -0.491 e. The number of anilines is 1. The summed E-state index contributed by atoms with van der Waals surface area (Å²) in [4.78, 5) is 12.5. The molecule has 0 saturated carbocycles. The first-order valence-corrected chi connectivity index (χ1v) is 8.29. The third-order valence-electron chi connectivity index (χ3n) is 3.50. The molecular weight excluding hydrogens is 302 g/mol. The lowest BCUT2D eigenvalue weighted by atomic mass is 10.2. The van der Waals surface area contributed by atoms with Crippen LogP contribution in [0.4, 0.5) is 5.69 Å². The van der Waals surface area contributed by atoms with Crippen LogP contribution in [0.25, 0.3) is 0 Å². The molecule has 0 aliphatic carbocycles. The highest BCUT2D eigenvalue weighted by Gasteiger charge is 2.19. The second-order valence-electron chi connectivity index (χ2n) is 5.96. The Balaban J connectivity index is 2.05. The molecule has 1 atom stereocenters. The zero-order valence-electron chi connectivity index (χ0n) is 14.7. The molecule has 0 spiro atoms. The second kappa shape index (κ2) is 8.39. The summed E-state index contributed by atoms with van der Waals surface area (Å²) in [6.45, 7) is 7.83. The van der Waals surface area contributed by atoms with Crippen molar-refractivity contribution in [2.75, 3.05) is 5.32 Å². The monoisotopic (exact) mass is 327 g/mol. The number of amides is 1. The van der Waals surface area contributed by atoms with E-state index in [1.54, 1.807) is 0 Å². The average molecular weight is 327 g/mol. The van der Waals surface area contributed by atoms with Crippen LogP contribution in [-0.4, -0.2) is 18.1 Å². The lowest BCUT2D eigenvalue weighted by molar-refractivity contribution is -0.122. The van der Waals surface area contributed by atoms with E-state index in [2.05, 4.69) is 5.32 Å². The van der Waals surface area contributed by atoms with E-state index >= 15 is 0 Å². The van der Waals surface area contributed by atoms with Crippen molar-refractivity contribution in [1.29, 1.82) is 0 Å². The van der Waals surface area contributed by atoms with E-state index in [9.17, 15) is 4.79 Å². The lowest BCUT2D eigenvalue weighted by Gasteiger charge is -2.19. The first-order valence-electron chi connectivity index (χ1n) is 8.29. The number of hydrogen-bond acceptors (Lipinski definition) is 3. The summed E-state index contributed by atoms with van der Waals surface area (Å²) >= 11 is 0. The zero-order valence-corrected chi connectivity index (χ0v) is 14.7. The standard InChI is InChI=1S/C20H25NO3/c1-5-18(24-19-12-7-6-9-15(19)4)20(22)21-16-10-8-11-17(13-16)23-14(2)3/h6-14,18H,5H2,1-4H3,(H,21,22)/t18-/m1/s1. The summed E-state index contributed by atoms with van der Waals surface area (Å²) in [6, 6.07) is 15.1. The number of carbonyl (C=O) groups excluding carboxylic acids is 1.